The highest BCUT2D eigenvalue weighted by atomic mass is 32.2. The monoisotopic (exact) mass is 403 g/mol. The summed E-state index contributed by atoms with van der Waals surface area (Å²) >= 11 is 6.05. The maximum Gasteiger partial charge on any atom is 0.318 e. The van der Waals surface area contributed by atoms with Crippen LogP contribution in [-0.4, -0.2) is 20.1 Å². The zero-order chi connectivity index (χ0) is 19.6. The smallest absolute Gasteiger partial charge is 0.318 e. The van der Waals surface area contributed by atoms with Gasteiger partial charge in [-0.1, -0.05) is 36.1 Å². The molecule has 0 aromatic heterocycles. The molecule has 0 unspecified atom stereocenters. The predicted molar refractivity (Wildman–Crippen MR) is 103 cm³/mol. The number of rotatable bonds is 5. The maximum absolute atomic E-state index is 11.7. The van der Waals surface area contributed by atoms with E-state index in [2.05, 4.69) is 5.32 Å². The number of ether oxygens (including phenoxy) is 1. The average Bonchev–Trinajstić information content (AvgIpc) is 2.92. The van der Waals surface area contributed by atoms with E-state index in [0.717, 1.165) is 23.9 Å². The van der Waals surface area contributed by atoms with Gasteiger partial charge in [-0.05, 0) is 29.8 Å². The summed E-state index contributed by atoms with van der Waals surface area (Å²) in [5.41, 5.74) is -0.309. The van der Waals surface area contributed by atoms with E-state index in [4.69, 9.17) is 17.0 Å². The zero-order valence-corrected chi connectivity index (χ0v) is 14.9. The van der Waals surface area contributed by atoms with Gasteiger partial charge >= 0.3 is 5.69 Å². The fraction of sp³-hybridized carbons (Fsp3) is 0. The first kappa shape index (κ1) is 18.5. The molecule has 1 heterocycles. The quantitative estimate of drug-likeness (QED) is 0.346. The molecule has 1 aliphatic rings. The normalized spacial score (nSPS) is 14.9. The van der Waals surface area contributed by atoms with Crippen LogP contribution >= 0.6 is 24.0 Å². The fourth-order valence-corrected chi connectivity index (χ4v) is 3.26. The summed E-state index contributed by atoms with van der Waals surface area (Å²) in [4.78, 5) is 32.6. The number of carbonyl (C=O) groups excluding carboxylic acids is 1. The van der Waals surface area contributed by atoms with Crippen LogP contribution < -0.4 is 10.1 Å². The van der Waals surface area contributed by atoms with Crippen LogP contribution in [0.25, 0.3) is 6.08 Å². The topological polar surface area (TPSA) is 125 Å². The number of carbonyl (C=O) groups is 1. The van der Waals surface area contributed by atoms with Crippen molar-refractivity contribution in [2.75, 3.05) is 0 Å². The Bertz CT molecular complexity index is 1020. The van der Waals surface area contributed by atoms with Gasteiger partial charge in [0.2, 0.25) is 5.75 Å². The third-order valence-corrected chi connectivity index (χ3v) is 4.54. The van der Waals surface area contributed by atoms with Gasteiger partial charge < -0.3 is 10.1 Å². The van der Waals surface area contributed by atoms with E-state index in [-0.39, 0.29) is 17.4 Å². The number of nitrogens with one attached hydrogen (secondary N) is 1. The lowest BCUT2D eigenvalue weighted by molar-refractivity contribution is -0.394. The van der Waals surface area contributed by atoms with Gasteiger partial charge in [0.25, 0.3) is 11.6 Å². The van der Waals surface area contributed by atoms with Crippen molar-refractivity contribution < 1.29 is 19.4 Å². The number of nitro groups is 2. The Morgan fingerprint density at radius 1 is 1.11 bits per heavy atom. The number of thiocarbonyl (C=S) groups is 1. The molecule has 136 valence electrons. The summed E-state index contributed by atoms with van der Waals surface area (Å²) in [6.07, 6.45) is 1.61. The van der Waals surface area contributed by atoms with Crippen molar-refractivity contribution in [1.82, 2.24) is 5.32 Å². The molecule has 1 fully saturated rings. The van der Waals surface area contributed by atoms with E-state index in [1.54, 1.807) is 30.3 Å². The third-order valence-electron chi connectivity index (χ3n) is 3.38. The van der Waals surface area contributed by atoms with Crippen molar-refractivity contribution in [1.29, 1.82) is 0 Å². The molecule has 1 saturated heterocycles. The van der Waals surface area contributed by atoms with Crippen LogP contribution in [0.15, 0.2) is 47.4 Å². The molecule has 2 aromatic carbocycles. The van der Waals surface area contributed by atoms with Gasteiger partial charge in [-0.2, -0.15) is 0 Å². The van der Waals surface area contributed by atoms with E-state index >= 15 is 0 Å². The minimum atomic E-state index is -0.755. The van der Waals surface area contributed by atoms with E-state index in [1.807, 2.05) is 0 Å². The van der Waals surface area contributed by atoms with Gasteiger partial charge in [-0.3, -0.25) is 25.0 Å². The van der Waals surface area contributed by atoms with Gasteiger partial charge in [0.1, 0.15) is 10.1 Å². The summed E-state index contributed by atoms with van der Waals surface area (Å²) < 4.78 is 5.89. The molecule has 0 aliphatic carbocycles. The molecule has 0 saturated carbocycles. The molecule has 1 N–H and O–H groups in total. The Kier molecular flexibility index (Phi) is 5.14. The number of nitro benzene ring substituents is 2. The first-order valence-corrected chi connectivity index (χ1v) is 8.51. The van der Waals surface area contributed by atoms with Crippen molar-refractivity contribution in [3.8, 4) is 11.5 Å². The Labute approximate surface area is 161 Å². The summed E-state index contributed by atoms with van der Waals surface area (Å²) in [5, 5.41) is 24.5. The number of thioether (sulfide) groups is 1. The van der Waals surface area contributed by atoms with Crippen LogP contribution in [0.1, 0.15) is 5.56 Å². The van der Waals surface area contributed by atoms with Gasteiger partial charge in [0, 0.05) is 6.07 Å². The van der Waals surface area contributed by atoms with Gasteiger partial charge in [0.15, 0.2) is 0 Å². The molecule has 9 nitrogen and oxygen atoms in total. The molecule has 27 heavy (non-hydrogen) atoms. The molecule has 0 atom stereocenters. The Morgan fingerprint density at radius 3 is 2.52 bits per heavy atom. The number of hydrogen-bond acceptors (Lipinski definition) is 8. The lowest BCUT2D eigenvalue weighted by atomic mass is 10.2. The van der Waals surface area contributed by atoms with Crippen molar-refractivity contribution in [3.05, 3.63) is 73.2 Å². The van der Waals surface area contributed by atoms with Crippen molar-refractivity contribution in [2.24, 2.45) is 0 Å². The first-order valence-electron chi connectivity index (χ1n) is 7.29. The van der Waals surface area contributed by atoms with Crippen LogP contribution in [-0.2, 0) is 4.79 Å². The molecule has 3 rings (SSSR count). The average molecular weight is 403 g/mol. The summed E-state index contributed by atoms with van der Waals surface area (Å²) in [6.45, 7) is 0. The Hall–Kier alpha value is -3.31. The predicted octanol–water partition coefficient (Wildman–Crippen LogP) is 3.78. The summed E-state index contributed by atoms with van der Waals surface area (Å²) in [6, 6.07) is 9.64. The number of non-ortho nitro benzene ring substituents is 1. The fourth-order valence-electron chi connectivity index (χ4n) is 2.22. The van der Waals surface area contributed by atoms with Crippen molar-refractivity contribution in [3.63, 3.8) is 0 Å². The minimum Gasteiger partial charge on any atom is -0.450 e. The number of nitrogens with zero attached hydrogens (tertiary/aromatic N) is 2. The van der Waals surface area contributed by atoms with E-state index in [1.165, 1.54) is 6.07 Å². The molecule has 11 heteroatoms. The molecule has 2 aromatic rings. The molecule has 1 amide bonds. The van der Waals surface area contributed by atoms with Crippen LogP contribution in [0, 0.1) is 20.2 Å². The highest BCUT2D eigenvalue weighted by Crippen LogP contribution is 2.35. The maximum atomic E-state index is 11.7. The minimum absolute atomic E-state index is 0.135. The molecule has 0 radical (unpaired) electrons. The van der Waals surface area contributed by atoms with Crippen LogP contribution in [0.3, 0.4) is 0 Å². The van der Waals surface area contributed by atoms with Gasteiger partial charge in [-0.25, -0.2) is 0 Å². The van der Waals surface area contributed by atoms with E-state index < -0.39 is 21.2 Å². The summed E-state index contributed by atoms with van der Waals surface area (Å²) in [5.74, 6) is -0.167. The second-order valence-electron chi connectivity index (χ2n) is 5.19. The molecule has 0 spiro atoms. The first-order chi connectivity index (χ1) is 12.8. The van der Waals surface area contributed by atoms with Gasteiger partial charge in [0.05, 0.1) is 20.8 Å². The molecule has 0 bridgehead atoms. The van der Waals surface area contributed by atoms with Gasteiger partial charge in [-0.15, -0.1) is 0 Å². The third kappa shape index (κ3) is 4.27. The molecular formula is C16H9N3O6S2. The van der Waals surface area contributed by atoms with E-state index in [0.29, 0.717) is 14.8 Å². The second kappa shape index (κ2) is 7.51. The van der Waals surface area contributed by atoms with Crippen LogP contribution in [0.2, 0.25) is 0 Å². The Balaban J connectivity index is 1.90. The van der Waals surface area contributed by atoms with Crippen molar-refractivity contribution >= 4 is 51.7 Å². The standard InChI is InChI=1S/C16H9N3O6S2/c20-15-14(27-16(26)17-15)7-9-2-1-3-11(6-9)25-13-5-4-10(18(21)22)8-12(13)19(23)24/h1-8H,(H,17,20,26)/b14-7+. The molecule has 1 aliphatic heterocycles. The van der Waals surface area contributed by atoms with Crippen molar-refractivity contribution in [2.45, 2.75) is 0 Å². The largest absolute Gasteiger partial charge is 0.450 e. The highest BCUT2D eigenvalue weighted by molar-refractivity contribution is 8.26. The Morgan fingerprint density at radius 2 is 1.89 bits per heavy atom. The SMILES string of the molecule is O=C1NC(=S)S/C1=C/c1cccc(Oc2ccc([N+](=O)[O-])cc2[N+](=O)[O-])c1. The molecular weight excluding hydrogens is 394 g/mol. The van der Waals surface area contributed by atoms with Crippen LogP contribution in [0.5, 0.6) is 11.5 Å². The number of benzene rings is 2. The lowest BCUT2D eigenvalue weighted by Gasteiger charge is -2.07. The van der Waals surface area contributed by atoms with Crippen LogP contribution in [0.4, 0.5) is 11.4 Å². The second-order valence-corrected chi connectivity index (χ2v) is 6.91. The zero-order valence-electron chi connectivity index (χ0n) is 13.3. The van der Waals surface area contributed by atoms with E-state index in [9.17, 15) is 25.0 Å². The summed E-state index contributed by atoms with van der Waals surface area (Å²) in [7, 11) is 0. The lowest BCUT2D eigenvalue weighted by Crippen LogP contribution is -2.17. The highest BCUT2D eigenvalue weighted by Gasteiger charge is 2.23. The number of hydrogen-bond donors (Lipinski definition) is 1. The number of amides is 1.